The van der Waals surface area contributed by atoms with Crippen molar-refractivity contribution in [1.29, 1.82) is 5.26 Å². The summed E-state index contributed by atoms with van der Waals surface area (Å²) in [6, 6.07) is 12.5. The molecule has 1 aliphatic heterocycles. The Morgan fingerprint density at radius 1 is 1.18 bits per heavy atom. The minimum Gasteiger partial charge on any atom is -0.251 e. The third-order valence-corrected chi connectivity index (χ3v) is 4.70. The maximum Gasteiger partial charge on any atom is 0.265 e. The highest BCUT2D eigenvalue weighted by Gasteiger charge is 2.34. The van der Waals surface area contributed by atoms with Gasteiger partial charge in [-0.15, -0.1) is 0 Å². The van der Waals surface area contributed by atoms with E-state index in [0.29, 0.717) is 16.0 Å². The zero-order chi connectivity index (χ0) is 12.0. The largest absolute Gasteiger partial charge is 0.265 e. The zero-order valence-corrected chi connectivity index (χ0v) is 9.61. The number of hydrogen-bond donors (Lipinski definition) is 0. The van der Waals surface area contributed by atoms with Crippen LogP contribution in [0.15, 0.2) is 41.3 Å². The number of benzene rings is 2. The van der Waals surface area contributed by atoms with Crippen molar-refractivity contribution in [1.82, 2.24) is 0 Å². The highest BCUT2D eigenvalue weighted by molar-refractivity contribution is 7.93. The van der Waals surface area contributed by atoms with Crippen LogP contribution in [0.25, 0.3) is 10.8 Å². The summed E-state index contributed by atoms with van der Waals surface area (Å²) < 4.78 is 25.6. The van der Waals surface area contributed by atoms with Crippen molar-refractivity contribution >= 4 is 26.5 Å². The third-order valence-electron chi connectivity index (χ3n) is 2.90. The van der Waals surface area contributed by atoms with Gasteiger partial charge in [-0.25, -0.2) is 8.42 Å². The topological polar surface area (TPSA) is 61.2 Å². The van der Waals surface area contributed by atoms with Gasteiger partial charge < -0.3 is 0 Å². The lowest BCUT2D eigenvalue weighted by Crippen LogP contribution is -2.27. The molecular formula is C12H8N2O2S. The number of sulfonamides is 1. The van der Waals surface area contributed by atoms with Crippen LogP contribution in [0.2, 0.25) is 0 Å². The molecule has 0 N–H and O–H groups in total. The van der Waals surface area contributed by atoms with Gasteiger partial charge in [0.15, 0.2) is 0 Å². The van der Waals surface area contributed by atoms with E-state index >= 15 is 0 Å². The summed E-state index contributed by atoms with van der Waals surface area (Å²) in [5.74, 6) is 0. The Morgan fingerprint density at radius 3 is 2.59 bits per heavy atom. The minimum absolute atomic E-state index is 0.157. The van der Waals surface area contributed by atoms with E-state index in [2.05, 4.69) is 0 Å². The van der Waals surface area contributed by atoms with Gasteiger partial charge in [0, 0.05) is 5.39 Å². The zero-order valence-electron chi connectivity index (χ0n) is 8.79. The first-order valence-corrected chi connectivity index (χ1v) is 6.52. The molecule has 0 saturated carbocycles. The quantitative estimate of drug-likeness (QED) is 0.719. The van der Waals surface area contributed by atoms with E-state index in [4.69, 9.17) is 5.26 Å². The molecule has 0 bridgehead atoms. The van der Waals surface area contributed by atoms with Crippen molar-refractivity contribution in [3.8, 4) is 6.07 Å². The molecule has 0 spiro atoms. The van der Waals surface area contributed by atoms with E-state index in [9.17, 15) is 8.42 Å². The van der Waals surface area contributed by atoms with Crippen LogP contribution < -0.4 is 4.31 Å². The van der Waals surface area contributed by atoms with E-state index in [1.807, 2.05) is 18.2 Å². The maximum atomic E-state index is 12.2. The van der Waals surface area contributed by atoms with Crippen molar-refractivity contribution in [2.24, 2.45) is 0 Å². The van der Waals surface area contributed by atoms with Gasteiger partial charge in [0.1, 0.15) is 6.54 Å². The average molecular weight is 244 g/mol. The lowest BCUT2D eigenvalue weighted by molar-refractivity contribution is 0.596. The third kappa shape index (κ3) is 1.19. The van der Waals surface area contributed by atoms with E-state index in [1.54, 1.807) is 24.3 Å². The van der Waals surface area contributed by atoms with Crippen LogP contribution in [0, 0.1) is 11.3 Å². The molecule has 0 aliphatic carbocycles. The molecule has 2 aromatic carbocycles. The van der Waals surface area contributed by atoms with Gasteiger partial charge in [0.05, 0.1) is 16.7 Å². The van der Waals surface area contributed by atoms with Crippen molar-refractivity contribution in [3.05, 3.63) is 36.4 Å². The first-order chi connectivity index (χ1) is 8.16. The Balaban J connectivity index is 2.46. The molecule has 0 fully saturated rings. The van der Waals surface area contributed by atoms with Crippen LogP contribution in [0.1, 0.15) is 0 Å². The molecule has 5 heteroatoms. The van der Waals surface area contributed by atoms with Crippen LogP contribution in [0.5, 0.6) is 0 Å². The van der Waals surface area contributed by atoms with E-state index in [0.717, 1.165) is 9.69 Å². The van der Waals surface area contributed by atoms with Crippen molar-refractivity contribution in [2.45, 2.75) is 4.90 Å². The Kier molecular flexibility index (Phi) is 1.91. The number of anilines is 1. The standard InChI is InChI=1S/C12H8N2O2S/c13-7-8-14-10-5-1-3-9-4-2-6-11(12(9)10)17(14,15)16/h1-6H,8H2. The molecule has 2 aromatic rings. The Morgan fingerprint density at radius 2 is 1.88 bits per heavy atom. The normalized spacial score (nSPS) is 16.1. The van der Waals surface area contributed by atoms with Crippen LogP contribution >= 0.6 is 0 Å². The molecule has 0 aromatic heterocycles. The second-order valence-corrected chi connectivity index (χ2v) is 5.63. The molecule has 0 atom stereocenters. The molecule has 0 radical (unpaired) electrons. The van der Waals surface area contributed by atoms with Crippen LogP contribution in [-0.4, -0.2) is 15.0 Å². The summed E-state index contributed by atoms with van der Waals surface area (Å²) in [6.45, 7) is -0.157. The predicted molar refractivity (Wildman–Crippen MR) is 64.1 cm³/mol. The van der Waals surface area contributed by atoms with Gasteiger partial charge in [-0.1, -0.05) is 24.3 Å². The fourth-order valence-corrected chi connectivity index (χ4v) is 3.80. The summed E-state index contributed by atoms with van der Waals surface area (Å²) in [7, 11) is -3.55. The van der Waals surface area contributed by atoms with Gasteiger partial charge in [0.25, 0.3) is 10.0 Å². The fraction of sp³-hybridized carbons (Fsp3) is 0.0833. The second-order valence-electron chi connectivity index (χ2n) is 3.80. The van der Waals surface area contributed by atoms with Gasteiger partial charge in [-0.3, -0.25) is 4.31 Å². The minimum atomic E-state index is -3.55. The Hall–Kier alpha value is -2.06. The van der Waals surface area contributed by atoms with Gasteiger partial charge in [-0.05, 0) is 17.5 Å². The number of nitriles is 1. The number of rotatable bonds is 1. The lowest BCUT2D eigenvalue weighted by atomic mass is 10.1. The molecular weight excluding hydrogens is 236 g/mol. The van der Waals surface area contributed by atoms with E-state index < -0.39 is 10.0 Å². The summed E-state index contributed by atoms with van der Waals surface area (Å²) in [6.07, 6.45) is 0. The maximum absolute atomic E-state index is 12.2. The van der Waals surface area contributed by atoms with E-state index in [1.165, 1.54) is 0 Å². The van der Waals surface area contributed by atoms with Gasteiger partial charge in [-0.2, -0.15) is 5.26 Å². The SMILES string of the molecule is N#CCN1c2cccc3cccc(c23)S1(=O)=O. The molecule has 17 heavy (non-hydrogen) atoms. The van der Waals surface area contributed by atoms with Crippen LogP contribution in [-0.2, 0) is 10.0 Å². The first-order valence-electron chi connectivity index (χ1n) is 5.08. The molecule has 0 unspecified atom stereocenters. The van der Waals surface area contributed by atoms with Crippen molar-refractivity contribution < 1.29 is 8.42 Å². The second kappa shape index (κ2) is 3.22. The van der Waals surface area contributed by atoms with Crippen LogP contribution in [0.3, 0.4) is 0 Å². The fourth-order valence-electron chi connectivity index (χ4n) is 2.19. The highest BCUT2D eigenvalue weighted by atomic mass is 32.2. The first kappa shape index (κ1) is 10.1. The lowest BCUT2D eigenvalue weighted by Gasteiger charge is -2.14. The molecule has 1 heterocycles. The molecule has 4 nitrogen and oxygen atoms in total. The molecule has 84 valence electrons. The predicted octanol–water partition coefficient (Wildman–Crippen LogP) is 1.87. The van der Waals surface area contributed by atoms with Crippen LogP contribution in [0.4, 0.5) is 5.69 Å². The average Bonchev–Trinajstić information content (AvgIpc) is 2.54. The summed E-state index contributed by atoms with van der Waals surface area (Å²) in [4.78, 5) is 0.292. The molecule has 0 saturated heterocycles. The molecule has 0 amide bonds. The number of nitrogens with zero attached hydrogens (tertiary/aromatic N) is 2. The smallest absolute Gasteiger partial charge is 0.251 e. The monoisotopic (exact) mass is 244 g/mol. The van der Waals surface area contributed by atoms with Crippen molar-refractivity contribution in [2.75, 3.05) is 10.8 Å². The summed E-state index contributed by atoms with van der Waals surface area (Å²) >= 11 is 0. The molecule has 3 rings (SSSR count). The summed E-state index contributed by atoms with van der Waals surface area (Å²) in [5, 5.41) is 10.3. The molecule has 1 aliphatic rings. The Labute approximate surface area is 98.8 Å². The Bertz CT molecular complexity index is 754. The van der Waals surface area contributed by atoms with E-state index in [-0.39, 0.29) is 6.54 Å². The highest BCUT2D eigenvalue weighted by Crippen LogP contribution is 2.41. The summed E-state index contributed by atoms with van der Waals surface area (Å²) in [5.41, 5.74) is 0.597. The van der Waals surface area contributed by atoms with Crippen molar-refractivity contribution in [3.63, 3.8) is 0 Å². The van der Waals surface area contributed by atoms with Gasteiger partial charge in [0.2, 0.25) is 0 Å². The number of hydrogen-bond acceptors (Lipinski definition) is 3. The van der Waals surface area contributed by atoms with Gasteiger partial charge >= 0.3 is 0 Å².